The number of carbonyl (C=O) groups is 1. The Morgan fingerprint density at radius 2 is 2.05 bits per heavy atom. The van der Waals surface area contributed by atoms with Crippen LogP contribution in [0.25, 0.3) is 0 Å². The molecule has 4 heteroatoms. The molecule has 0 spiro atoms. The zero-order chi connectivity index (χ0) is 14.1. The van der Waals surface area contributed by atoms with Gasteiger partial charge in [-0.15, -0.1) is 11.8 Å². The second kappa shape index (κ2) is 8.99. The molecular formula is C15H23NO2S. The van der Waals surface area contributed by atoms with E-state index in [4.69, 9.17) is 4.74 Å². The van der Waals surface area contributed by atoms with Crippen molar-refractivity contribution in [3.05, 3.63) is 29.8 Å². The fourth-order valence-corrected chi connectivity index (χ4v) is 2.29. The van der Waals surface area contributed by atoms with E-state index in [9.17, 15) is 4.79 Å². The number of hydrogen-bond acceptors (Lipinski definition) is 4. The van der Waals surface area contributed by atoms with Gasteiger partial charge in [-0.3, -0.25) is 0 Å². The van der Waals surface area contributed by atoms with Gasteiger partial charge in [-0.05, 0) is 44.0 Å². The second-order valence-corrected chi connectivity index (χ2v) is 5.13. The summed E-state index contributed by atoms with van der Waals surface area (Å²) >= 11 is 1.62. The predicted octanol–water partition coefficient (Wildman–Crippen LogP) is 3.30. The summed E-state index contributed by atoms with van der Waals surface area (Å²) in [5.74, 6) is -0.226. The van der Waals surface area contributed by atoms with Gasteiger partial charge in [-0.1, -0.05) is 19.9 Å². The fraction of sp³-hybridized carbons (Fsp3) is 0.533. The lowest BCUT2D eigenvalue weighted by molar-refractivity contribution is 0.0489. The highest BCUT2D eigenvalue weighted by Crippen LogP contribution is 2.16. The van der Waals surface area contributed by atoms with Crippen molar-refractivity contribution < 1.29 is 9.53 Å². The maximum Gasteiger partial charge on any atom is 0.338 e. The molecule has 0 saturated heterocycles. The summed E-state index contributed by atoms with van der Waals surface area (Å²) in [6.07, 6.45) is 2.88. The van der Waals surface area contributed by atoms with Crippen molar-refractivity contribution in [2.24, 2.45) is 0 Å². The van der Waals surface area contributed by atoms with Crippen molar-refractivity contribution in [1.82, 2.24) is 4.90 Å². The van der Waals surface area contributed by atoms with Crippen LogP contribution in [0.15, 0.2) is 29.2 Å². The molecule has 0 amide bonds. The summed E-state index contributed by atoms with van der Waals surface area (Å²) in [7, 11) is 0. The third-order valence-corrected chi connectivity index (χ3v) is 3.78. The van der Waals surface area contributed by atoms with E-state index in [0.29, 0.717) is 12.2 Å². The number of thioether (sulfide) groups is 1. The number of ether oxygens (including phenoxy) is 1. The van der Waals surface area contributed by atoms with Crippen LogP contribution in [0, 0.1) is 0 Å². The molecule has 3 nitrogen and oxygen atoms in total. The van der Waals surface area contributed by atoms with Crippen molar-refractivity contribution in [2.75, 3.05) is 32.5 Å². The fourth-order valence-electron chi connectivity index (χ4n) is 1.83. The quantitative estimate of drug-likeness (QED) is 0.415. The Bertz CT molecular complexity index is 391. The Kier molecular flexibility index (Phi) is 7.60. The first-order chi connectivity index (χ1) is 9.21. The summed E-state index contributed by atoms with van der Waals surface area (Å²) in [5.41, 5.74) is 0.634. The summed E-state index contributed by atoms with van der Waals surface area (Å²) < 4.78 is 5.29. The zero-order valence-corrected chi connectivity index (χ0v) is 12.8. The van der Waals surface area contributed by atoms with E-state index < -0.39 is 0 Å². The second-order valence-electron chi connectivity index (χ2n) is 4.25. The first-order valence-corrected chi connectivity index (χ1v) is 7.97. The van der Waals surface area contributed by atoms with Crippen LogP contribution in [0.4, 0.5) is 0 Å². The van der Waals surface area contributed by atoms with Gasteiger partial charge in [0, 0.05) is 11.4 Å². The smallest absolute Gasteiger partial charge is 0.338 e. The molecule has 0 atom stereocenters. The van der Waals surface area contributed by atoms with E-state index in [1.54, 1.807) is 17.8 Å². The van der Waals surface area contributed by atoms with Crippen LogP contribution in [0.2, 0.25) is 0 Å². The average Bonchev–Trinajstić information content (AvgIpc) is 2.47. The first kappa shape index (κ1) is 16.1. The first-order valence-electron chi connectivity index (χ1n) is 6.74. The van der Waals surface area contributed by atoms with Gasteiger partial charge < -0.3 is 9.64 Å². The highest BCUT2D eigenvalue weighted by molar-refractivity contribution is 7.98. The van der Waals surface area contributed by atoms with E-state index in [1.807, 2.05) is 24.5 Å². The minimum absolute atomic E-state index is 0.226. The van der Waals surface area contributed by atoms with E-state index in [-0.39, 0.29) is 5.97 Å². The number of nitrogens with zero attached hydrogens (tertiary/aromatic N) is 1. The van der Waals surface area contributed by atoms with Crippen LogP contribution in [0.1, 0.15) is 30.6 Å². The molecule has 0 aliphatic heterocycles. The lowest BCUT2D eigenvalue weighted by Gasteiger charge is -2.17. The standard InChI is InChI=1S/C15H23NO2S/c1-4-16(5-2)10-7-11-18-15(17)13-8-6-9-14(12-13)19-3/h6,8-9,12H,4-5,7,10-11H2,1-3H3. The van der Waals surface area contributed by atoms with Gasteiger partial charge in [0.2, 0.25) is 0 Å². The van der Waals surface area contributed by atoms with Crippen LogP contribution < -0.4 is 0 Å². The third-order valence-electron chi connectivity index (χ3n) is 3.05. The number of carbonyl (C=O) groups excluding carboxylic acids is 1. The van der Waals surface area contributed by atoms with Crippen molar-refractivity contribution in [2.45, 2.75) is 25.2 Å². The summed E-state index contributed by atoms with van der Waals surface area (Å²) in [4.78, 5) is 15.3. The Labute approximate surface area is 120 Å². The summed E-state index contributed by atoms with van der Waals surface area (Å²) in [6, 6.07) is 7.55. The molecule has 0 unspecified atom stereocenters. The monoisotopic (exact) mass is 281 g/mol. The lowest BCUT2D eigenvalue weighted by Crippen LogP contribution is -2.25. The lowest BCUT2D eigenvalue weighted by atomic mass is 10.2. The molecule has 0 N–H and O–H groups in total. The molecule has 0 heterocycles. The minimum Gasteiger partial charge on any atom is -0.462 e. The van der Waals surface area contributed by atoms with E-state index in [1.165, 1.54) is 0 Å². The number of benzene rings is 1. The van der Waals surface area contributed by atoms with Crippen molar-refractivity contribution in [3.63, 3.8) is 0 Å². The van der Waals surface area contributed by atoms with Gasteiger partial charge in [0.15, 0.2) is 0 Å². The Morgan fingerprint density at radius 3 is 2.68 bits per heavy atom. The molecule has 0 aromatic heterocycles. The maximum absolute atomic E-state index is 11.9. The Balaban J connectivity index is 2.34. The van der Waals surface area contributed by atoms with Crippen LogP contribution >= 0.6 is 11.8 Å². The predicted molar refractivity (Wildman–Crippen MR) is 80.9 cm³/mol. The molecule has 1 rings (SSSR count). The van der Waals surface area contributed by atoms with Gasteiger partial charge in [-0.25, -0.2) is 4.79 Å². The normalized spacial score (nSPS) is 10.7. The molecule has 0 bridgehead atoms. The van der Waals surface area contributed by atoms with Crippen LogP contribution in [0.3, 0.4) is 0 Å². The molecule has 0 radical (unpaired) electrons. The molecular weight excluding hydrogens is 258 g/mol. The molecule has 1 aromatic carbocycles. The SMILES string of the molecule is CCN(CC)CCCOC(=O)c1cccc(SC)c1. The van der Waals surface area contributed by atoms with Gasteiger partial charge >= 0.3 is 5.97 Å². The van der Waals surface area contributed by atoms with Crippen LogP contribution in [0.5, 0.6) is 0 Å². The molecule has 19 heavy (non-hydrogen) atoms. The topological polar surface area (TPSA) is 29.5 Å². The molecule has 0 saturated carbocycles. The minimum atomic E-state index is -0.226. The van der Waals surface area contributed by atoms with Gasteiger partial charge in [-0.2, -0.15) is 0 Å². The summed E-state index contributed by atoms with van der Waals surface area (Å²) in [6.45, 7) is 7.83. The van der Waals surface area contributed by atoms with Crippen LogP contribution in [-0.2, 0) is 4.74 Å². The van der Waals surface area contributed by atoms with Gasteiger partial charge in [0.05, 0.1) is 12.2 Å². The largest absolute Gasteiger partial charge is 0.462 e. The third kappa shape index (κ3) is 5.66. The van der Waals surface area contributed by atoms with Gasteiger partial charge in [0.25, 0.3) is 0 Å². The highest BCUT2D eigenvalue weighted by atomic mass is 32.2. The van der Waals surface area contributed by atoms with Crippen molar-refractivity contribution in [3.8, 4) is 0 Å². The number of esters is 1. The zero-order valence-electron chi connectivity index (χ0n) is 12.0. The molecule has 1 aromatic rings. The molecule has 0 fully saturated rings. The van der Waals surface area contributed by atoms with E-state index in [2.05, 4.69) is 18.7 Å². The number of hydrogen-bond donors (Lipinski definition) is 0. The Morgan fingerprint density at radius 1 is 1.32 bits per heavy atom. The van der Waals surface area contributed by atoms with Gasteiger partial charge in [0.1, 0.15) is 0 Å². The summed E-state index contributed by atoms with van der Waals surface area (Å²) in [5, 5.41) is 0. The van der Waals surface area contributed by atoms with Crippen molar-refractivity contribution in [1.29, 1.82) is 0 Å². The highest BCUT2D eigenvalue weighted by Gasteiger charge is 2.07. The van der Waals surface area contributed by atoms with Crippen LogP contribution in [-0.4, -0.2) is 43.4 Å². The molecule has 106 valence electrons. The van der Waals surface area contributed by atoms with E-state index >= 15 is 0 Å². The van der Waals surface area contributed by atoms with Crippen molar-refractivity contribution >= 4 is 17.7 Å². The Hall–Kier alpha value is -1.00. The number of rotatable bonds is 8. The van der Waals surface area contributed by atoms with E-state index in [0.717, 1.165) is 31.0 Å². The average molecular weight is 281 g/mol. The maximum atomic E-state index is 11.9. The molecule has 0 aliphatic rings. The molecule has 0 aliphatic carbocycles.